The molecule has 1 saturated heterocycles. The minimum atomic E-state index is -0.886. The molecule has 154 valence electrons. The summed E-state index contributed by atoms with van der Waals surface area (Å²) in [5.41, 5.74) is 0.680. The second-order valence-electron chi connectivity index (χ2n) is 6.04. The SMILES string of the molecule is COc1ccc(NC(=O)COc2ccc(Br)cc2C=C2C(=O)NC(=O)NC2=O)cc1. The van der Waals surface area contributed by atoms with Crippen LogP contribution in [-0.4, -0.2) is 37.5 Å². The largest absolute Gasteiger partial charge is 0.497 e. The highest BCUT2D eigenvalue weighted by molar-refractivity contribution is 9.10. The van der Waals surface area contributed by atoms with Crippen molar-refractivity contribution in [3.8, 4) is 11.5 Å². The number of ether oxygens (including phenoxy) is 2. The summed E-state index contributed by atoms with van der Waals surface area (Å²) >= 11 is 3.31. The zero-order valence-corrected chi connectivity index (χ0v) is 17.2. The summed E-state index contributed by atoms with van der Waals surface area (Å²) in [6, 6.07) is 10.8. The first-order valence-electron chi connectivity index (χ1n) is 8.60. The molecule has 0 aliphatic carbocycles. The van der Waals surface area contributed by atoms with Crippen molar-refractivity contribution >= 4 is 51.4 Å². The van der Waals surface area contributed by atoms with Crippen LogP contribution in [0.5, 0.6) is 11.5 Å². The van der Waals surface area contributed by atoms with Gasteiger partial charge in [0, 0.05) is 15.7 Å². The topological polar surface area (TPSA) is 123 Å². The highest BCUT2D eigenvalue weighted by atomic mass is 79.9. The molecule has 1 fully saturated rings. The number of methoxy groups -OCH3 is 1. The lowest BCUT2D eigenvalue weighted by Gasteiger charge is -2.15. The van der Waals surface area contributed by atoms with Gasteiger partial charge in [0.1, 0.15) is 17.1 Å². The van der Waals surface area contributed by atoms with Crippen LogP contribution in [0, 0.1) is 0 Å². The lowest BCUT2D eigenvalue weighted by atomic mass is 10.1. The van der Waals surface area contributed by atoms with Crippen molar-refractivity contribution in [2.24, 2.45) is 0 Å². The van der Waals surface area contributed by atoms with Gasteiger partial charge in [0.25, 0.3) is 17.7 Å². The van der Waals surface area contributed by atoms with E-state index in [4.69, 9.17) is 9.47 Å². The van der Waals surface area contributed by atoms with Gasteiger partial charge in [-0.25, -0.2) is 4.79 Å². The second-order valence-corrected chi connectivity index (χ2v) is 6.96. The van der Waals surface area contributed by atoms with Crippen LogP contribution in [0.1, 0.15) is 5.56 Å². The molecular weight excluding hydrogens is 458 g/mol. The maximum Gasteiger partial charge on any atom is 0.328 e. The van der Waals surface area contributed by atoms with Crippen molar-refractivity contribution in [2.75, 3.05) is 19.0 Å². The number of barbiturate groups is 1. The molecule has 9 nitrogen and oxygen atoms in total. The van der Waals surface area contributed by atoms with Gasteiger partial charge in [0.2, 0.25) is 0 Å². The molecule has 1 heterocycles. The number of carbonyl (C=O) groups excluding carboxylic acids is 4. The number of halogens is 1. The summed E-state index contributed by atoms with van der Waals surface area (Å²) in [5.74, 6) is -1.12. The fourth-order valence-corrected chi connectivity index (χ4v) is 2.92. The third-order valence-corrected chi connectivity index (χ3v) is 4.44. The minimum absolute atomic E-state index is 0.264. The Balaban J connectivity index is 1.72. The Morgan fingerprint density at radius 3 is 2.37 bits per heavy atom. The molecule has 10 heteroatoms. The summed E-state index contributed by atoms with van der Waals surface area (Å²) in [5, 5.41) is 6.68. The van der Waals surface area contributed by atoms with Crippen molar-refractivity contribution in [3.05, 3.63) is 58.1 Å². The van der Waals surface area contributed by atoms with Crippen LogP contribution in [0.2, 0.25) is 0 Å². The number of urea groups is 1. The van der Waals surface area contributed by atoms with Gasteiger partial charge in [-0.2, -0.15) is 0 Å². The Morgan fingerprint density at radius 2 is 1.73 bits per heavy atom. The molecule has 0 unspecified atom stereocenters. The fraction of sp³-hybridized carbons (Fsp3) is 0.100. The highest BCUT2D eigenvalue weighted by Crippen LogP contribution is 2.26. The Bertz CT molecular complexity index is 1030. The van der Waals surface area contributed by atoms with Crippen LogP contribution in [0.4, 0.5) is 10.5 Å². The van der Waals surface area contributed by atoms with Crippen LogP contribution in [-0.2, 0) is 14.4 Å². The molecule has 3 N–H and O–H groups in total. The number of amides is 5. The van der Waals surface area contributed by atoms with Crippen molar-refractivity contribution < 1.29 is 28.7 Å². The normalized spacial score (nSPS) is 13.3. The number of rotatable bonds is 6. The Hall–Kier alpha value is -3.66. The van der Waals surface area contributed by atoms with E-state index in [9.17, 15) is 19.2 Å². The van der Waals surface area contributed by atoms with E-state index in [0.29, 0.717) is 21.5 Å². The van der Waals surface area contributed by atoms with Gasteiger partial charge in [-0.1, -0.05) is 15.9 Å². The van der Waals surface area contributed by atoms with Gasteiger partial charge in [-0.15, -0.1) is 0 Å². The fourth-order valence-electron chi connectivity index (χ4n) is 2.54. The Kier molecular flexibility index (Phi) is 6.48. The maximum absolute atomic E-state index is 12.2. The van der Waals surface area contributed by atoms with Crippen molar-refractivity contribution in [3.63, 3.8) is 0 Å². The van der Waals surface area contributed by atoms with Gasteiger partial charge >= 0.3 is 6.03 Å². The van der Waals surface area contributed by atoms with Gasteiger partial charge in [0.15, 0.2) is 6.61 Å². The van der Waals surface area contributed by atoms with Gasteiger partial charge in [-0.3, -0.25) is 25.0 Å². The van der Waals surface area contributed by atoms with Crippen LogP contribution in [0.15, 0.2) is 52.5 Å². The molecule has 3 rings (SSSR count). The van der Waals surface area contributed by atoms with E-state index in [-0.39, 0.29) is 17.9 Å². The molecule has 2 aromatic carbocycles. The molecule has 5 amide bonds. The quantitative estimate of drug-likeness (QED) is 0.436. The monoisotopic (exact) mass is 473 g/mol. The molecule has 2 aromatic rings. The Labute approximate surface area is 179 Å². The number of imide groups is 2. The lowest BCUT2D eigenvalue weighted by Crippen LogP contribution is -2.51. The number of nitrogens with one attached hydrogen (secondary N) is 3. The molecular formula is C20H16BrN3O6. The average Bonchev–Trinajstić information content (AvgIpc) is 2.70. The molecule has 0 aromatic heterocycles. The van der Waals surface area contributed by atoms with Crippen LogP contribution >= 0.6 is 15.9 Å². The number of benzene rings is 2. The van der Waals surface area contributed by atoms with E-state index in [1.165, 1.54) is 6.08 Å². The molecule has 0 saturated carbocycles. The highest BCUT2D eigenvalue weighted by Gasteiger charge is 2.28. The molecule has 0 bridgehead atoms. The van der Waals surface area contributed by atoms with E-state index in [1.807, 2.05) is 10.6 Å². The summed E-state index contributed by atoms with van der Waals surface area (Å²) in [7, 11) is 1.55. The number of carbonyl (C=O) groups is 4. The molecule has 0 atom stereocenters. The minimum Gasteiger partial charge on any atom is -0.497 e. The molecule has 0 spiro atoms. The third-order valence-electron chi connectivity index (χ3n) is 3.95. The first-order valence-corrected chi connectivity index (χ1v) is 9.39. The Morgan fingerprint density at radius 1 is 1.07 bits per heavy atom. The zero-order chi connectivity index (χ0) is 21.7. The van der Waals surface area contributed by atoms with Gasteiger partial charge in [-0.05, 0) is 48.5 Å². The van der Waals surface area contributed by atoms with E-state index in [1.54, 1.807) is 49.6 Å². The maximum atomic E-state index is 12.2. The van der Waals surface area contributed by atoms with Gasteiger partial charge in [0.05, 0.1) is 7.11 Å². The predicted octanol–water partition coefficient (Wildman–Crippen LogP) is 2.22. The summed E-state index contributed by atoms with van der Waals surface area (Å²) in [6.07, 6.45) is 1.28. The van der Waals surface area contributed by atoms with E-state index in [2.05, 4.69) is 21.2 Å². The van der Waals surface area contributed by atoms with Gasteiger partial charge < -0.3 is 14.8 Å². The van der Waals surface area contributed by atoms with Crippen molar-refractivity contribution in [1.29, 1.82) is 0 Å². The van der Waals surface area contributed by atoms with E-state index < -0.39 is 23.8 Å². The van der Waals surface area contributed by atoms with Crippen LogP contribution in [0.3, 0.4) is 0 Å². The second kappa shape index (κ2) is 9.23. The van der Waals surface area contributed by atoms with Crippen molar-refractivity contribution in [2.45, 2.75) is 0 Å². The number of hydrogen-bond donors (Lipinski definition) is 3. The number of anilines is 1. The average molecular weight is 474 g/mol. The summed E-state index contributed by atoms with van der Waals surface area (Å²) < 4.78 is 11.3. The summed E-state index contributed by atoms with van der Waals surface area (Å²) in [4.78, 5) is 47.3. The molecule has 30 heavy (non-hydrogen) atoms. The predicted molar refractivity (Wildman–Crippen MR) is 111 cm³/mol. The smallest absolute Gasteiger partial charge is 0.328 e. The third kappa shape index (κ3) is 5.23. The molecule has 1 aliphatic rings. The van der Waals surface area contributed by atoms with Crippen LogP contribution < -0.4 is 25.4 Å². The van der Waals surface area contributed by atoms with E-state index in [0.717, 1.165) is 0 Å². The molecule has 1 aliphatic heterocycles. The summed E-state index contributed by atoms with van der Waals surface area (Å²) in [6.45, 7) is -0.305. The van der Waals surface area contributed by atoms with Crippen LogP contribution in [0.25, 0.3) is 6.08 Å². The van der Waals surface area contributed by atoms with Crippen molar-refractivity contribution in [1.82, 2.24) is 10.6 Å². The molecule has 0 radical (unpaired) electrons. The number of hydrogen-bond acceptors (Lipinski definition) is 6. The standard InChI is InChI=1S/C20H16BrN3O6/c1-29-14-5-3-13(4-6-14)22-17(25)10-30-16-7-2-12(21)8-11(16)9-15-18(26)23-20(28)24-19(15)27/h2-9H,10H2,1H3,(H,22,25)(H2,23,24,26,27,28). The lowest BCUT2D eigenvalue weighted by molar-refractivity contribution is -0.124. The zero-order valence-electron chi connectivity index (χ0n) is 15.7. The first kappa shape index (κ1) is 21.1. The van der Waals surface area contributed by atoms with E-state index >= 15 is 0 Å². The first-order chi connectivity index (χ1) is 14.4.